The Morgan fingerprint density at radius 1 is 0.973 bits per heavy atom. The molecule has 5 heterocycles. The number of rotatable bonds is 4. The molecule has 3 aromatic heterocycles. The van der Waals surface area contributed by atoms with Gasteiger partial charge < -0.3 is 23.8 Å². The van der Waals surface area contributed by atoms with Crippen LogP contribution in [-0.2, 0) is 6.54 Å². The lowest BCUT2D eigenvalue weighted by molar-refractivity contribution is 0.0744. The van der Waals surface area contributed by atoms with E-state index in [0.717, 1.165) is 28.5 Å². The molecule has 1 saturated heterocycles. The lowest BCUT2D eigenvalue weighted by Gasteiger charge is -2.35. The van der Waals surface area contributed by atoms with Gasteiger partial charge in [-0.3, -0.25) is 9.59 Å². The van der Waals surface area contributed by atoms with Crippen LogP contribution in [0.25, 0.3) is 22.3 Å². The van der Waals surface area contributed by atoms with Gasteiger partial charge in [0.2, 0.25) is 12.2 Å². The summed E-state index contributed by atoms with van der Waals surface area (Å²) in [5, 5.41) is 9.28. The number of pyridine rings is 2. The first-order chi connectivity index (χ1) is 18.0. The molecular formula is C27H26N6O4. The zero-order chi connectivity index (χ0) is 25.5. The highest BCUT2D eigenvalue weighted by Gasteiger charge is 2.26. The second-order valence-electron chi connectivity index (χ2n) is 9.11. The van der Waals surface area contributed by atoms with E-state index in [4.69, 9.17) is 9.47 Å². The van der Waals surface area contributed by atoms with Crippen LogP contribution < -0.4 is 19.8 Å². The number of piperazine rings is 1. The predicted octanol–water partition coefficient (Wildman–Crippen LogP) is 2.87. The molecule has 37 heavy (non-hydrogen) atoms. The molecule has 0 N–H and O–H groups in total. The minimum Gasteiger partial charge on any atom is -0.454 e. The van der Waals surface area contributed by atoms with Gasteiger partial charge in [0.15, 0.2) is 17.3 Å². The molecule has 0 radical (unpaired) electrons. The summed E-state index contributed by atoms with van der Waals surface area (Å²) in [4.78, 5) is 34.8. The van der Waals surface area contributed by atoms with Crippen LogP contribution in [0, 0.1) is 6.92 Å². The Morgan fingerprint density at radius 3 is 2.54 bits per heavy atom. The van der Waals surface area contributed by atoms with Crippen molar-refractivity contribution in [3.8, 4) is 22.8 Å². The molecule has 0 spiro atoms. The molecule has 0 atom stereocenters. The highest BCUT2D eigenvalue weighted by Crippen LogP contribution is 2.35. The number of fused-ring (bicyclic) bond motifs is 2. The number of carbonyl (C=O) groups excluding carboxylic acids is 1. The van der Waals surface area contributed by atoms with Crippen LogP contribution >= 0.6 is 0 Å². The third-order valence-corrected chi connectivity index (χ3v) is 6.84. The van der Waals surface area contributed by atoms with E-state index in [1.807, 2.05) is 48.7 Å². The Bertz CT molecular complexity index is 1560. The number of hydrogen-bond acceptors (Lipinski definition) is 8. The smallest absolute Gasteiger partial charge is 0.259 e. The van der Waals surface area contributed by atoms with E-state index < -0.39 is 0 Å². The van der Waals surface area contributed by atoms with Crippen LogP contribution in [0.3, 0.4) is 0 Å². The molecule has 1 amide bonds. The molecule has 0 unspecified atom stereocenters. The largest absolute Gasteiger partial charge is 0.454 e. The lowest BCUT2D eigenvalue weighted by Crippen LogP contribution is -2.50. The topological polar surface area (TPSA) is 103 Å². The lowest BCUT2D eigenvalue weighted by atomic mass is 10.1. The molecule has 10 heteroatoms. The number of carbonyl (C=O) groups is 1. The number of ether oxygens (including phenoxy) is 2. The van der Waals surface area contributed by atoms with Crippen LogP contribution in [0.2, 0.25) is 0 Å². The fourth-order valence-electron chi connectivity index (χ4n) is 4.77. The van der Waals surface area contributed by atoms with Crippen molar-refractivity contribution >= 4 is 22.8 Å². The van der Waals surface area contributed by atoms with Crippen molar-refractivity contribution < 1.29 is 14.3 Å². The van der Waals surface area contributed by atoms with Crippen LogP contribution in [-0.4, -0.2) is 63.5 Å². The second kappa shape index (κ2) is 9.20. The fraction of sp³-hybridized carbons (Fsp3) is 0.296. The molecule has 0 aliphatic carbocycles. The molecular weight excluding hydrogens is 472 g/mol. The van der Waals surface area contributed by atoms with Crippen molar-refractivity contribution in [1.82, 2.24) is 24.6 Å². The fourth-order valence-corrected chi connectivity index (χ4v) is 4.77. The molecule has 0 bridgehead atoms. The maximum atomic E-state index is 13.4. The van der Waals surface area contributed by atoms with Crippen molar-refractivity contribution in [1.29, 1.82) is 0 Å². The quantitative estimate of drug-likeness (QED) is 0.423. The summed E-state index contributed by atoms with van der Waals surface area (Å²) in [6, 6.07) is 13.1. The number of hydrogen-bond donors (Lipinski definition) is 0. The maximum absolute atomic E-state index is 13.4. The Hall–Kier alpha value is -4.47. The second-order valence-corrected chi connectivity index (χ2v) is 9.11. The number of benzene rings is 1. The van der Waals surface area contributed by atoms with E-state index in [9.17, 15) is 9.59 Å². The summed E-state index contributed by atoms with van der Waals surface area (Å²) in [6.07, 6.45) is 1.64. The first kappa shape index (κ1) is 23.0. The van der Waals surface area contributed by atoms with Crippen molar-refractivity contribution in [2.45, 2.75) is 20.4 Å². The third-order valence-electron chi connectivity index (χ3n) is 6.84. The zero-order valence-electron chi connectivity index (χ0n) is 20.7. The number of anilines is 1. The highest BCUT2D eigenvalue weighted by atomic mass is 16.7. The minimum absolute atomic E-state index is 0.182. The zero-order valence-corrected chi connectivity index (χ0v) is 20.7. The number of aryl methyl sites for hydroxylation is 2. The molecule has 0 saturated carbocycles. The first-order valence-corrected chi connectivity index (χ1v) is 12.3. The van der Waals surface area contributed by atoms with E-state index in [0.29, 0.717) is 49.5 Å². The van der Waals surface area contributed by atoms with Gasteiger partial charge in [0.25, 0.3) is 5.91 Å². The first-order valence-electron chi connectivity index (χ1n) is 12.3. The molecule has 6 rings (SSSR count). The van der Waals surface area contributed by atoms with Gasteiger partial charge in [-0.2, -0.15) is 0 Å². The molecule has 2 aliphatic rings. The molecule has 2 aliphatic heterocycles. The van der Waals surface area contributed by atoms with E-state index >= 15 is 0 Å². The van der Waals surface area contributed by atoms with Gasteiger partial charge in [0.05, 0.1) is 11.1 Å². The van der Waals surface area contributed by atoms with Gasteiger partial charge in [-0.15, -0.1) is 10.2 Å². The molecule has 1 fully saturated rings. The van der Waals surface area contributed by atoms with Crippen molar-refractivity contribution in [3.05, 3.63) is 70.1 Å². The minimum atomic E-state index is -0.274. The normalized spacial score (nSPS) is 14.9. The summed E-state index contributed by atoms with van der Waals surface area (Å²) < 4.78 is 12.7. The molecule has 188 valence electrons. The van der Waals surface area contributed by atoms with Gasteiger partial charge in [-0.25, -0.2) is 4.98 Å². The van der Waals surface area contributed by atoms with Gasteiger partial charge in [-0.05, 0) is 56.3 Å². The van der Waals surface area contributed by atoms with E-state index in [1.165, 1.54) is 0 Å². The van der Waals surface area contributed by atoms with E-state index in [1.54, 1.807) is 23.2 Å². The average molecular weight is 499 g/mol. The maximum Gasteiger partial charge on any atom is 0.259 e. The van der Waals surface area contributed by atoms with Gasteiger partial charge in [-0.1, -0.05) is 0 Å². The van der Waals surface area contributed by atoms with E-state index in [-0.39, 0.29) is 23.7 Å². The monoisotopic (exact) mass is 498 g/mol. The van der Waals surface area contributed by atoms with Crippen LogP contribution in [0.15, 0.2) is 53.5 Å². The molecule has 10 nitrogen and oxygen atoms in total. The number of aromatic nitrogens is 4. The Kier molecular flexibility index (Phi) is 5.71. The summed E-state index contributed by atoms with van der Waals surface area (Å²) in [5.41, 5.74) is 2.99. The Labute approximate surface area is 213 Å². The van der Waals surface area contributed by atoms with E-state index in [2.05, 4.69) is 20.1 Å². The number of nitrogens with zero attached hydrogens (tertiary/aromatic N) is 6. The van der Waals surface area contributed by atoms with Gasteiger partial charge in [0.1, 0.15) is 11.2 Å². The highest BCUT2D eigenvalue weighted by molar-refractivity contribution is 5.97. The summed E-state index contributed by atoms with van der Waals surface area (Å²) in [6.45, 7) is 6.87. The Morgan fingerprint density at radius 2 is 1.78 bits per heavy atom. The van der Waals surface area contributed by atoms with Crippen molar-refractivity contribution in [2.75, 3.05) is 37.9 Å². The summed E-state index contributed by atoms with van der Waals surface area (Å²) in [7, 11) is 0. The van der Waals surface area contributed by atoms with Crippen molar-refractivity contribution in [3.63, 3.8) is 0 Å². The molecule has 4 aromatic rings. The molecule has 1 aromatic carbocycles. The SMILES string of the molecule is CCn1cc(C(=O)N2CCN(c3ccc(-c4ccc5c(c4)OCO5)nn3)CC2)c(=O)c2ccc(C)nc21. The van der Waals surface area contributed by atoms with Crippen LogP contribution in [0.5, 0.6) is 11.5 Å². The summed E-state index contributed by atoms with van der Waals surface area (Å²) >= 11 is 0. The number of amides is 1. The average Bonchev–Trinajstić information content (AvgIpc) is 3.41. The third kappa shape index (κ3) is 4.14. The standard InChI is InChI=1S/C27H26N6O4/c1-3-31-15-20(25(34)19-6-4-17(2)28-26(19)31)27(35)33-12-10-32(11-13-33)24-9-7-21(29-30-24)18-5-8-22-23(14-18)37-16-36-22/h4-9,14-15H,3,10-13,16H2,1-2H3. The van der Waals surface area contributed by atoms with Crippen molar-refractivity contribution in [2.24, 2.45) is 0 Å². The predicted molar refractivity (Wildman–Crippen MR) is 138 cm³/mol. The van der Waals surface area contributed by atoms with Gasteiger partial charge >= 0.3 is 0 Å². The van der Waals surface area contributed by atoms with Crippen LogP contribution in [0.4, 0.5) is 5.82 Å². The Balaban J connectivity index is 1.16. The summed E-state index contributed by atoms with van der Waals surface area (Å²) in [5.74, 6) is 1.92. The van der Waals surface area contributed by atoms with Gasteiger partial charge in [0, 0.05) is 50.2 Å². The van der Waals surface area contributed by atoms with Crippen LogP contribution in [0.1, 0.15) is 23.0 Å².